The van der Waals surface area contributed by atoms with Crippen LogP contribution in [0.2, 0.25) is 0 Å². The number of hydrogen-bond donors (Lipinski definition) is 1. The van der Waals surface area contributed by atoms with Gasteiger partial charge in [0, 0.05) is 19.1 Å². The third kappa shape index (κ3) is 5.40. The van der Waals surface area contributed by atoms with Crippen LogP contribution in [0.1, 0.15) is 33.6 Å². The zero-order valence-electron chi connectivity index (χ0n) is 12.1. The van der Waals surface area contributed by atoms with Crippen LogP contribution in [-0.2, 0) is 0 Å². The van der Waals surface area contributed by atoms with Crippen LogP contribution in [0.15, 0.2) is 25.4 Å². The first-order valence-electron chi connectivity index (χ1n) is 6.80. The molecule has 3 atom stereocenters. The van der Waals surface area contributed by atoms with Crippen molar-refractivity contribution in [3.63, 3.8) is 0 Å². The second-order valence-electron chi connectivity index (χ2n) is 4.70. The molecule has 0 bridgehead atoms. The van der Waals surface area contributed by atoms with Gasteiger partial charge in [-0.25, -0.2) is 0 Å². The van der Waals surface area contributed by atoms with E-state index < -0.39 is 0 Å². The summed E-state index contributed by atoms with van der Waals surface area (Å²) in [5, 5.41) is 3.35. The largest absolute Gasteiger partial charge is 0.378 e. The Morgan fingerprint density at radius 3 is 2.29 bits per heavy atom. The number of likely N-dealkylation sites (N-methyl/N-ethyl adjacent to an activating group) is 1. The van der Waals surface area contributed by atoms with Crippen molar-refractivity contribution in [2.75, 3.05) is 20.1 Å². The minimum absolute atomic E-state index is 0.425. The number of hydrogen-bond acceptors (Lipinski definition) is 2. The Labute approximate surface area is 108 Å². The Kier molecular flexibility index (Phi) is 8.87. The van der Waals surface area contributed by atoms with E-state index in [-0.39, 0.29) is 0 Å². The van der Waals surface area contributed by atoms with Crippen molar-refractivity contribution < 1.29 is 0 Å². The summed E-state index contributed by atoms with van der Waals surface area (Å²) in [6.07, 6.45) is 6.38. The highest BCUT2D eigenvalue weighted by Crippen LogP contribution is 2.23. The molecule has 0 rings (SSSR count). The molecular weight excluding hydrogens is 208 g/mol. The number of nitrogens with one attached hydrogen (secondary N) is 1. The van der Waals surface area contributed by atoms with Crippen LogP contribution in [0.25, 0.3) is 0 Å². The standard InChI is InChI=1S/C15H30N2/c1-7-14(15(8-2)16-6)13(5)11-12-17(9-3)10-4/h8-9,13-16H,2-3,7,10-12H2,1,4-6H3. The Hall–Kier alpha value is -0.760. The lowest BCUT2D eigenvalue weighted by atomic mass is 9.83. The van der Waals surface area contributed by atoms with Gasteiger partial charge in [-0.2, -0.15) is 0 Å². The van der Waals surface area contributed by atoms with Gasteiger partial charge in [-0.1, -0.05) is 32.9 Å². The maximum Gasteiger partial charge on any atom is 0.0275 e. The van der Waals surface area contributed by atoms with Crippen molar-refractivity contribution in [3.8, 4) is 0 Å². The quantitative estimate of drug-likeness (QED) is 0.588. The lowest BCUT2D eigenvalue weighted by Crippen LogP contribution is -2.36. The molecule has 0 aromatic rings. The zero-order valence-corrected chi connectivity index (χ0v) is 12.1. The minimum Gasteiger partial charge on any atom is -0.378 e. The van der Waals surface area contributed by atoms with Crippen molar-refractivity contribution in [1.29, 1.82) is 0 Å². The molecule has 0 fully saturated rings. The van der Waals surface area contributed by atoms with Crippen LogP contribution in [0, 0.1) is 11.8 Å². The van der Waals surface area contributed by atoms with Crippen molar-refractivity contribution in [3.05, 3.63) is 25.4 Å². The zero-order chi connectivity index (χ0) is 13.3. The summed E-state index contributed by atoms with van der Waals surface area (Å²) in [7, 11) is 2.02. The topological polar surface area (TPSA) is 15.3 Å². The van der Waals surface area contributed by atoms with E-state index in [1.54, 1.807) is 0 Å². The maximum atomic E-state index is 3.92. The van der Waals surface area contributed by atoms with Gasteiger partial charge in [-0.15, -0.1) is 6.58 Å². The third-order valence-corrected chi connectivity index (χ3v) is 3.79. The van der Waals surface area contributed by atoms with Crippen LogP contribution in [0.3, 0.4) is 0 Å². The van der Waals surface area contributed by atoms with Crippen molar-refractivity contribution in [2.24, 2.45) is 11.8 Å². The molecule has 0 amide bonds. The van der Waals surface area contributed by atoms with E-state index in [2.05, 4.69) is 44.1 Å². The molecule has 0 aliphatic rings. The highest BCUT2D eigenvalue weighted by atomic mass is 15.1. The maximum absolute atomic E-state index is 3.92. The van der Waals surface area contributed by atoms with Crippen molar-refractivity contribution in [1.82, 2.24) is 10.2 Å². The van der Waals surface area contributed by atoms with Gasteiger partial charge >= 0.3 is 0 Å². The molecule has 0 aliphatic heterocycles. The second-order valence-corrected chi connectivity index (χ2v) is 4.70. The number of nitrogens with zero attached hydrogens (tertiary/aromatic N) is 1. The summed E-state index contributed by atoms with van der Waals surface area (Å²) in [5.74, 6) is 1.37. The first-order chi connectivity index (χ1) is 8.14. The van der Waals surface area contributed by atoms with Gasteiger partial charge in [0.1, 0.15) is 0 Å². The van der Waals surface area contributed by atoms with Gasteiger partial charge in [0.05, 0.1) is 0 Å². The normalized spacial score (nSPS) is 16.0. The van der Waals surface area contributed by atoms with Crippen LogP contribution in [0.5, 0.6) is 0 Å². The molecule has 0 aromatic heterocycles. The Balaban J connectivity index is 4.28. The van der Waals surface area contributed by atoms with Gasteiger partial charge in [-0.3, -0.25) is 0 Å². The van der Waals surface area contributed by atoms with E-state index in [4.69, 9.17) is 0 Å². The molecule has 1 N–H and O–H groups in total. The van der Waals surface area contributed by atoms with Gasteiger partial charge in [0.25, 0.3) is 0 Å². The summed E-state index contributed by atoms with van der Waals surface area (Å²) in [5.41, 5.74) is 0. The summed E-state index contributed by atoms with van der Waals surface area (Å²) in [6, 6.07) is 0.425. The van der Waals surface area contributed by atoms with Gasteiger partial charge < -0.3 is 10.2 Å². The fourth-order valence-corrected chi connectivity index (χ4v) is 2.48. The van der Waals surface area contributed by atoms with Crippen molar-refractivity contribution in [2.45, 2.75) is 39.7 Å². The highest BCUT2D eigenvalue weighted by Gasteiger charge is 2.21. The van der Waals surface area contributed by atoms with Crippen LogP contribution >= 0.6 is 0 Å². The Bertz CT molecular complexity index is 213. The lowest BCUT2D eigenvalue weighted by Gasteiger charge is -2.30. The van der Waals surface area contributed by atoms with Crippen LogP contribution in [-0.4, -0.2) is 31.1 Å². The van der Waals surface area contributed by atoms with E-state index in [1.165, 1.54) is 12.8 Å². The smallest absolute Gasteiger partial charge is 0.0275 e. The fourth-order valence-electron chi connectivity index (χ4n) is 2.48. The molecule has 0 aromatic carbocycles. The first-order valence-corrected chi connectivity index (χ1v) is 6.80. The molecule has 0 heterocycles. The van der Waals surface area contributed by atoms with E-state index in [0.717, 1.165) is 13.1 Å². The van der Waals surface area contributed by atoms with Crippen LogP contribution in [0.4, 0.5) is 0 Å². The first kappa shape index (κ1) is 16.2. The molecule has 2 heteroatoms. The summed E-state index contributed by atoms with van der Waals surface area (Å²) in [4.78, 5) is 2.27. The van der Waals surface area contributed by atoms with Gasteiger partial charge in [-0.05, 0) is 38.4 Å². The predicted molar refractivity (Wildman–Crippen MR) is 78.1 cm³/mol. The molecule has 0 saturated heterocycles. The molecule has 0 aliphatic carbocycles. The molecule has 0 saturated carbocycles. The Morgan fingerprint density at radius 2 is 1.94 bits per heavy atom. The summed E-state index contributed by atoms with van der Waals surface area (Å²) >= 11 is 0. The molecule has 0 spiro atoms. The van der Waals surface area contributed by atoms with Gasteiger partial charge in [0.15, 0.2) is 0 Å². The summed E-state index contributed by atoms with van der Waals surface area (Å²) < 4.78 is 0. The second kappa shape index (κ2) is 9.29. The molecular formula is C15H30N2. The highest BCUT2D eigenvalue weighted by molar-refractivity contribution is 4.91. The van der Waals surface area contributed by atoms with E-state index in [0.29, 0.717) is 17.9 Å². The predicted octanol–water partition coefficient (Wildman–Crippen LogP) is 3.28. The monoisotopic (exact) mass is 238 g/mol. The van der Waals surface area contributed by atoms with E-state index >= 15 is 0 Å². The SMILES string of the molecule is C=CC(NC)C(CC)C(C)CCN(C=C)CC. The molecule has 2 nitrogen and oxygen atoms in total. The molecule has 3 unspecified atom stereocenters. The number of rotatable bonds is 10. The minimum atomic E-state index is 0.425. The van der Waals surface area contributed by atoms with Gasteiger partial charge in [0.2, 0.25) is 0 Å². The lowest BCUT2D eigenvalue weighted by molar-refractivity contribution is 0.253. The van der Waals surface area contributed by atoms with Crippen LogP contribution < -0.4 is 5.32 Å². The summed E-state index contributed by atoms with van der Waals surface area (Å²) in [6.45, 7) is 16.7. The molecule has 17 heavy (non-hydrogen) atoms. The molecule has 0 radical (unpaired) electrons. The average molecular weight is 238 g/mol. The fraction of sp³-hybridized carbons (Fsp3) is 0.733. The van der Waals surface area contributed by atoms with Crippen molar-refractivity contribution >= 4 is 0 Å². The Morgan fingerprint density at radius 1 is 1.29 bits per heavy atom. The third-order valence-electron chi connectivity index (χ3n) is 3.79. The molecule has 100 valence electrons. The average Bonchev–Trinajstić information content (AvgIpc) is 2.36. The van der Waals surface area contributed by atoms with E-state index in [9.17, 15) is 0 Å². The van der Waals surface area contributed by atoms with E-state index in [1.807, 2.05) is 19.3 Å².